The van der Waals surface area contributed by atoms with Crippen molar-refractivity contribution in [2.45, 2.75) is 45.8 Å². The van der Waals surface area contributed by atoms with Crippen LogP contribution in [0, 0.1) is 12.8 Å². The zero-order chi connectivity index (χ0) is 14.8. The second-order valence-corrected chi connectivity index (χ2v) is 6.08. The summed E-state index contributed by atoms with van der Waals surface area (Å²) in [6, 6.07) is 8.48. The predicted octanol–water partition coefficient (Wildman–Crippen LogP) is 4.21. The lowest BCUT2D eigenvalue weighted by molar-refractivity contribution is 0.0865. The first-order chi connectivity index (χ1) is 10.2. The van der Waals surface area contributed by atoms with Crippen LogP contribution in [-0.4, -0.2) is 19.3 Å². The normalized spacial score (nSPS) is 23.8. The highest BCUT2D eigenvalue weighted by molar-refractivity contribution is 5.82. The van der Waals surface area contributed by atoms with E-state index >= 15 is 0 Å². The molecule has 1 saturated heterocycles. The summed E-state index contributed by atoms with van der Waals surface area (Å²) in [6.45, 7) is 8.43. The monoisotopic (exact) mass is 287 g/mol. The minimum atomic E-state index is 0.232. The van der Waals surface area contributed by atoms with Gasteiger partial charge in [0.05, 0.1) is 12.1 Å². The maximum absolute atomic E-state index is 6.04. The molecule has 3 unspecified atom stereocenters. The Hall–Kier alpha value is -1.32. The van der Waals surface area contributed by atoms with Crippen LogP contribution in [0.15, 0.2) is 28.7 Å². The van der Waals surface area contributed by atoms with Crippen LogP contribution in [0.25, 0.3) is 11.0 Å². The fraction of sp³-hybridized carbons (Fsp3) is 0.556. The molecule has 21 heavy (non-hydrogen) atoms. The van der Waals surface area contributed by atoms with Gasteiger partial charge in [-0.3, -0.25) is 0 Å². The highest BCUT2D eigenvalue weighted by Gasteiger charge is 2.27. The van der Waals surface area contributed by atoms with Crippen LogP contribution in [0.1, 0.15) is 44.1 Å². The van der Waals surface area contributed by atoms with Crippen LogP contribution in [0.3, 0.4) is 0 Å². The number of hydrogen-bond donors (Lipinski definition) is 1. The molecule has 1 aliphatic rings. The van der Waals surface area contributed by atoms with Crippen LogP contribution in [0.4, 0.5) is 0 Å². The number of nitrogens with one attached hydrogen (secondary N) is 1. The Bertz CT molecular complexity index is 604. The van der Waals surface area contributed by atoms with Crippen molar-refractivity contribution in [2.75, 3.05) is 13.2 Å². The number of ether oxygens (including phenoxy) is 1. The molecular formula is C18H25NO2. The van der Waals surface area contributed by atoms with Crippen molar-refractivity contribution in [1.29, 1.82) is 0 Å². The van der Waals surface area contributed by atoms with Gasteiger partial charge < -0.3 is 14.5 Å². The van der Waals surface area contributed by atoms with Crippen molar-refractivity contribution < 1.29 is 9.15 Å². The van der Waals surface area contributed by atoms with Gasteiger partial charge in [-0.15, -0.1) is 0 Å². The molecule has 3 atom stereocenters. The van der Waals surface area contributed by atoms with Crippen LogP contribution >= 0.6 is 0 Å². The maximum atomic E-state index is 6.04. The lowest BCUT2D eigenvalue weighted by Gasteiger charge is -2.20. The Balaban J connectivity index is 1.69. The van der Waals surface area contributed by atoms with Crippen LogP contribution < -0.4 is 5.32 Å². The van der Waals surface area contributed by atoms with Crippen molar-refractivity contribution in [3.63, 3.8) is 0 Å². The zero-order valence-corrected chi connectivity index (χ0v) is 13.2. The average molecular weight is 287 g/mol. The first-order valence-electron chi connectivity index (χ1n) is 8.03. The Morgan fingerprint density at radius 1 is 1.33 bits per heavy atom. The number of hydrogen-bond acceptors (Lipinski definition) is 3. The predicted molar refractivity (Wildman–Crippen MR) is 85.5 cm³/mol. The first kappa shape index (κ1) is 14.6. The number of benzene rings is 1. The van der Waals surface area contributed by atoms with Gasteiger partial charge in [0.15, 0.2) is 0 Å². The molecule has 1 N–H and O–H groups in total. The highest BCUT2D eigenvalue weighted by Crippen LogP contribution is 2.30. The largest absolute Gasteiger partial charge is 0.459 e. The minimum absolute atomic E-state index is 0.232. The summed E-state index contributed by atoms with van der Waals surface area (Å²) >= 11 is 0. The average Bonchev–Trinajstić information content (AvgIpc) is 3.09. The van der Waals surface area contributed by atoms with Crippen LogP contribution in [0.5, 0.6) is 0 Å². The number of rotatable bonds is 5. The molecule has 2 aromatic rings. The van der Waals surface area contributed by atoms with Gasteiger partial charge in [0.25, 0.3) is 0 Å². The van der Waals surface area contributed by atoms with E-state index in [4.69, 9.17) is 9.15 Å². The van der Waals surface area contributed by atoms with E-state index in [9.17, 15) is 0 Å². The molecule has 1 fully saturated rings. The number of furan rings is 1. The number of aryl methyl sites for hydroxylation is 1. The summed E-state index contributed by atoms with van der Waals surface area (Å²) in [5.41, 5.74) is 2.23. The smallest absolute Gasteiger partial charge is 0.134 e. The third-order valence-corrected chi connectivity index (χ3v) is 4.71. The van der Waals surface area contributed by atoms with Crippen molar-refractivity contribution in [3.05, 3.63) is 35.6 Å². The van der Waals surface area contributed by atoms with Crippen LogP contribution in [0.2, 0.25) is 0 Å². The Labute approximate surface area is 126 Å². The van der Waals surface area contributed by atoms with E-state index in [1.165, 1.54) is 10.9 Å². The third-order valence-electron chi connectivity index (χ3n) is 4.71. The number of para-hydroxylation sites is 1. The molecule has 3 rings (SSSR count). The zero-order valence-electron chi connectivity index (χ0n) is 13.2. The summed E-state index contributed by atoms with van der Waals surface area (Å²) in [6.07, 6.45) is 2.68. The summed E-state index contributed by atoms with van der Waals surface area (Å²) in [4.78, 5) is 0. The summed E-state index contributed by atoms with van der Waals surface area (Å²) in [5.74, 6) is 1.69. The SMILES string of the molecule is CCC1OCCC1CNC(C)c1oc2ccccc2c1C. The van der Waals surface area contributed by atoms with E-state index in [2.05, 4.69) is 38.2 Å². The minimum Gasteiger partial charge on any atom is -0.459 e. The van der Waals surface area contributed by atoms with Gasteiger partial charge >= 0.3 is 0 Å². The Morgan fingerprint density at radius 2 is 2.14 bits per heavy atom. The molecule has 0 radical (unpaired) electrons. The molecule has 0 aliphatic carbocycles. The lowest BCUT2D eigenvalue weighted by atomic mass is 9.99. The van der Waals surface area contributed by atoms with E-state index in [0.29, 0.717) is 12.0 Å². The molecule has 0 bridgehead atoms. The number of fused-ring (bicyclic) bond motifs is 1. The summed E-state index contributed by atoms with van der Waals surface area (Å²) < 4.78 is 11.8. The fourth-order valence-corrected chi connectivity index (χ4v) is 3.40. The van der Waals surface area contributed by atoms with Crippen molar-refractivity contribution in [1.82, 2.24) is 5.32 Å². The summed E-state index contributed by atoms with van der Waals surface area (Å²) in [7, 11) is 0. The van der Waals surface area contributed by atoms with Gasteiger partial charge in [0.2, 0.25) is 0 Å². The van der Waals surface area contributed by atoms with Gasteiger partial charge in [-0.05, 0) is 44.2 Å². The van der Waals surface area contributed by atoms with Gasteiger partial charge in [-0.1, -0.05) is 25.1 Å². The molecule has 0 amide bonds. The molecule has 3 nitrogen and oxygen atoms in total. The van der Waals surface area contributed by atoms with E-state index in [1.807, 2.05) is 12.1 Å². The van der Waals surface area contributed by atoms with Gasteiger partial charge in [-0.25, -0.2) is 0 Å². The van der Waals surface area contributed by atoms with E-state index in [-0.39, 0.29) is 6.04 Å². The molecule has 0 spiro atoms. The van der Waals surface area contributed by atoms with Gasteiger partial charge in [0.1, 0.15) is 11.3 Å². The van der Waals surface area contributed by atoms with Gasteiger partial charge in [0, 0.05) is 18.5 Å². The molecule has 0 saturated carbocycles. The maximum Gasteiger partial charge on any atom is 0.134 e. The van der Waals surface area contributed by atoms with Crippen LogP contribution in [-0.2, 0) is 4.74 Å². The molecule has 3 heteroatoms. The van der Waals surface area contributed by atoms with Gasteiger partial charge in [-0.2, -0.15) is 0 Å². The Kier molecular flexibility index (Phi) is 4.32. The molecule has 114 valence electrons. The van der Waals surface area contributed by atoms with Crippen molar-refractivity contribution in [3.8, 4) is 0 Å². The summed E-state index contributed by atoms with van der Waals surface area (Å²) in [5, 5.41) is 4.85. The lowest BCUT2D eigenvalue weighted by Crippen LogP contribution is -2.30. The standard InChI is InChI=1S/C18H25NO2/c1-4-16-14(9-10-20-16)11-19-13(3)18-12(2)15-7-5-6-8-17(15)21-18/h5-8,13-14,16,19H,4,9-11H2,1-3H3. The van der Waals surface area contributed by atoms with E-state index < -0.39 is 0 Å². The quantitative estimate of drug-likeness (QED) is 0.894. The van der Waals surface area contributed by atoms with E-state index in [1.54, 1.807) is 0 Å². The molecule has 2 heterocycles. The molecule has 1 aliphatic heterocycles. The first-order valence-corrected chi connectivity index (χ1v) is 8.03. The van der Waals surface area contributed by atoms with Crippen molar-refractivity contribution >= 4 is 11.0 Å². The molecular weight excluding hydrogens is 262 g/mol. The second kappa shape index (κ2) is 6.20. The Morgan fingerprint density at radius 3 is 2.90 bits per heavy atom. The van der Waals surface area contributed by atoms with Crippen molar-refractivity contribution in [2.24, 2.45) is 5.92 Å². The molecule has 1 aromatic heterocycles. The van der Waals surface area contributed by atoms with E-state index in [0.717, 1.165) is 37.3 Å². The second-order valence-electron chi connectivity index (χ2n) is 6.08. The topological polar surface area (TPSA) is 34.4 Å². The fourth-order valence-electron chi connectivity index (χ4n) is 3.40. The third kappa shape index (κ3) is 2.85. The molecule has 1 aromatic carbocycles. The highest BCUT2D eigenvalue weighted by atomic mass is 16.5.